The maximum Gasteiger partial charge on any atom is 0.0966 e. The highest BCUT2D eigenvalue weighted by Gasteiger charge is 2.09. The number of halogens is 1. The van der Waals surface area contributed by atoms with E-state index in [0.717, 1.165) is 28.7 Å². The molecular formula is C18H14ClN3. The van der Waals surface area contributed by atoms with Crippen molar-refractivity contribution < 1.29 is 0 Å². The van der Waals surface area contributed by atoms with Gasteiger partial charge in [-0.05, 0) is 42.8 Å². The van der Waals surface area contributed by atoms with Gasteiger partial charge in [0.2, 0.25) is 0 Å². The predicted octanol–water partition coefficient (Wildman–Crippen LogP) is 4.92. The van der Waals surface area contributed by atoms with Gasteiger partial charge in [0.1, 0.15) is 0 Å². The molecule has 0 N–H and O–H groups in total. The molecule has 2 aromatic carbocycles. The van der Waals surface area contributed by atoms with Gasteiger partial charge in [-0.1, -0.05) is 17.7 Å². The average molecular weight is 308 g/mol. The highest BCUT2D eigenvalue weighted by molar-refractivity contribution is 6.31. The molecule has 0 spiro atoms. The molecule has 0 saturated carbocycles. The van der Waals surface area contributed by atoms with E-state index in [9.17, 15) is 0 Å². The number of hydrogen-bond acceptors (Lipinski definition) is 2. The fourth-order valence-corrected chi connectivity index (χ4v) is 3.12. The van der Waals surface area contributed by atoms with Crippen LogP contribution >= 0.6 is 11.6 Å². The van der Waals surface area contributed by atoms with Crippen LogP contribution in [0.1, 0.15) is 6.92 Å². The first kappa shape index (κ1) is 13.3. The van der Waals surface area contributed by atoms with Gasteiger partial charge in [0.25, 0.3) is 0 Å². The summed E-state index contributed by atoms with van der Waals surface area (Å²) in [5.74, 6) is 0. The molecule has 0 fully saturated rings. The van der Waals surface area contributed by atoms with Gasteiger partial charge in [-0.3, -0.25) is 9.97 Å². The largest absolute Gasteiger partial charge is 0.348 e. The van der Waals surface area contributed by atoms with Crippen LogP contribution in [0.2, 0.25) is 5.02 Å². The topological polar surface area (TPSA) is 30.7 Å². The summed E-state index contributed by atoms with van der Waals surface area (Å²) in [6.07, 6.45) is 5.52. The lowest BCUT2D eigenvalue weighted by Crippen LogP contribution is -1.91. The van der Waals surface area contributed by atoms with E-state index in [1.54, 1.807) is 12.4 Å². The Balaban J connectivity index is 1.98. The molecule has 22 heavy (non-hydrogen) atoms. The quantitative estimate of drug-likeness (QED) is 0.526. The monoisotopic (exact) mass is 307 g/mol. The van der Waals surface area contributed by atoms with E-state index in [0.29, 0.717) is 5.02 Å². The molecule has 0 saturated heterocycles. The highest BCUT2D eigenvalue weighted by atomic mass is 35.5. The summed E-state index contributed by atoms with van der Waals surface area (Å²) in [6, 6.07) is 12.4. The molecule has 0 atom stereocenters. The fourth-order valence-electron chi connectivity index (χ4n) is 2.90. The van der Waals surface area contributed by atoms with Crippen LogP contribution in [-0.4, -0.2) is 14.5 Å². The smallest absolute Gasteiger partial charge is 0.0966 e. The number of hydrogen-bond donors (Lipinski definition) is 0. The van der Waals surface area contributed by atoms with Crippen LogP contribution in [0.5, 0.6) is 0 Å². The van der Waals surface area contributed by atoms with E-state index in [4.69, 9.17) is 11.6 Å². The summed E-state index contributed by atoms with van der Waals surface area (Å²) in [4.78, 5) is 8.83. The fraction of sp³-hybridized carbons (Fsp3) is 0.111. The molecule has 0 radical (unpaired) electrons. The first-order valence-electron chi connectivity index (χ1n) is 7.26. The van der Waals surface area contributed by atoms with Crippen LogP contribution in [-0.2, 0) is 6.54 Å². The highest BCUT2D eigenvalue weighted by Crippen LogP contribution is 2.32. The lowest BCUT2D eigenvalue weighted by Gasteiger charge is -2.08. The van der Waals surface area contributed by atoms with E-state index >= 15 is 0 Å². The maximum absolute atomic E-state index is 6.25. The van der Waals surface area contributed by atoms with Crippen molar-refractivity contribution in [1.29, 1.82) is 0 Å². The number of aryl methyl sites for hydroxylation is 1. The molecular weight excluding hydrogens is 294 g/mol. The molecule has 0 aliphatic rings. The van der Waals surface area contributed by atoms with E-state index < -0.39 is 0 Å². The van der Waals surface area contributed by atoms with Crippen molar-refractivity contribution in [3.8, 4) is 11.1 Å². The van der Waals surface area contributed by atoms with Gasteiger partial charge in [0.05, 0.1) is 11.0 Å². The molecule has 3 nitrogen and oxygen atoms in total. The lowest BCUT2D eigenvalue weighted by molar-refractivity contribution is 0.798. The SMILES string of the molecule is CCn1ccc2cc(-c3cc(Cl)cc4nccnc34)ccc21. The Bertz CT molecular complexity index is 988. The molecule has 2 aromatic heterocycles. The zero-order valence-electron chi connectivity index (χ0n) is 12.1. The van der Waals surface area contributed by atoms with Crippen molar-refractivity contribution >= 4 is 33.5 Å². The minimum absolute atomic E-state index is 0.675. The summed E-state index contributed by atoms with van der Waals surface area (Å²) in [6.45, 7) is 3.11. The predicted molar refractivity (Wildman–Crippen MR) is 91.2 cm³/mol. The zero-order chi connectivity index (χ0) is 15.1. The van der Waals surface area contributed by atoms with Crippen molar-refractivity contribution in [3.05, 3.63) is 60.0 Å². The van der Waals surface area contributed by atoms with Crippen molar-refractivity contribution in [3.63, 3.8) is 0 Å². The van der Waals surface area contributed by atoms with E-state index in [1.165, 1.54) is 10.9 Å². The third-order valence-electron chi connectivity index (χ3n) is 3.96. The Morgan fingerprint density at radius 1 is 1.05 bits per heavy atom. The Morgan fingerprint density at radius 2 is 1.91 bits per heavy atom. The van der Waals surface area contributed by atoms with Gasteiger partial charge in [0, 0.05) is 46.6 Å². The molecule has 108 valence electrons. The van der Waals surface area contributed by atoms with Gasteiger partial charge in [0.15, 0.2) is 0 Å². The van der Waals surface area contributed by atoms with Gasteiger partial charge < -0.3 is 4.57 Å². The van der Waals surface area contributed by atoms with Gasteiger partial charge >= 0.3 is 0 Å². The van der Waals surface area contributed by atoms with Crippen LogP contribution < -0.4 is 0 Å². The van der Waals surface area contributed by atoms with Gasteiger partial charge in [-0.25, -0.2) is 0 Å². The first-order chi connectivity index (χ1) is 10.8. The first-order valence-corrected chi connectivity index (χ1v) is 7.63. The Morgan fingerprint density at radius 3 is 2.77 bits per heavy atom. The van der Waals surface area contributed by atoms with Crippen LogP contribution in [0.4, 0.5) is 0 Å². The minimum atomic E-state index is 0.675. The molecule has 0 aliphatic carbocycles. The average Bonchev–Trinajstić information content (AvgIpc) is 2.96. The third kappa shape index (κ3) is 2.06. The molecule has 0 aliphatic heterocycles. The molecule has 2 heterocycles. The van der Waals surface area contributed by atoms with Crippen molar-refractivity contribution in [1.82, 2.24) is 14.5 Å². The number of fused-ring (bicyclic) bond motifs is 2. The van der Waals surface area contributed by atoms with Crippen LogP contribution in [0.15, 0.2) is 55.0 Å². The summed E-state index contributed by atoms with van der Waals surface area (Å²) in [5.41, 5.74) is 5.05. The van der Waals surface area contributed by atoms with Crippen LogP contribution in [0.25, 0.3) is 33.1 Å². The normalized spacial score (nSPS) is 11.4. The summed E-state index contributed by atoms with van der Waals surface area (Å²) in [7, 11) is 0. The van der Waals surface area contributed by atoms with E-state index in [2.05, 4.69) is 51.9 Å². The summed E-state index contributed by atoms with van der Waals surface area (Å²) < 4.78 is 2.23. The van der Waals surface area contributed by atoms with Crippen molar-refractivity contribution in [2.45, 2.75) is 13.5 Å². The van der Waals surface area contributed by atoms with Gasteiger partial charge in [-0.2, -0.15) is 0 Å². The molecule has 0 bridgehead atoms. The van der Waals surface area contributed by atoms with Crippen LogP contribution in [0.3, 0.4) is 0 Å². The zero-order valence-corrected chi connectivity index (χ0v) is 12.9. The number of rotatable bonds is 2. The summed E-state index contributed by atoms with van der Waals surface area (Å²) in [5, 5.41) is 1.89. The van der Waals surface area contributed by atoms with E-state index in [1.807, 2.05) is 12.1 Å². The minimum Gasteiger partial charge on any atom is -0.348 e. The molecule has 4 rings (SSSR count). The standard InChI is InChI=1S/C18H14ClN3/c1-2-22-8-5-13-9-12(3-4-17(13)22)15-10-14(19)11-16-18(15)21-7-6-20-16/h3-11H,2H2,1H3. The molecule has 0 unspecified atom stereocenters. The second-order valence-electron chi connectivity index (χ2n) is 5.25. The van der Waals surface area contributed by atoms with Crippen LogP contribution in [0, 0.1) is 0 Å². The van der Waals surface area contributed by atoms with Crippen molar-refractivity contribution in [2.24, 2.45) is 0 Å². The summed E-state index contributed by atoms with van der Waals surface area (Å²) >= 11 is 6.25. The number of benzene rings is 2. The lowest BCUT2D eigenvalue weighted by atomic mass is 10.0. The second-order valence-corrected chi connectivity index (χ2v) is 5.69. The Kier molecular flexibility index (Phi) is 3.09. The van der Waals surface area contributed by atoms with Crippen molar-refractivity contribution in [2.75, 3.05) is 0 Å². The molecule has 4 heteroatoms. The maximum atomic E-state index is 6.25. The number of aromatic nitrogens is 3. The third-order valence-corrected chi connectivity index (χ3v) is 4.18. The molecule has 4 aromatic rings. The van der Waals surface area contributed by atoms with E-state index in [-0.39, 0.29) is 0 Å². The second kappa shape index (κ2) is 5.11. The Hall–Kier alpha value is -2.39. The number of nitrogens with zero attached hydrogens (tertiary/aromatic N) is 3. The molecule has 0 amide bonds. The Labute approximate surface area is 133 Å². The van der Waals surface area contributed by atoms with Gasteiger partial charge in [-0.15, -0.1) is 0 Å².